The van der Waals surface area contributed by atoms with E-state index in [1.54, 1.807) is 13.0 Å². The second-order valence-corrected chi connectivity index (χ2v) is 5.26. The molecule has 3 aromatic rings. The number of ether oxygens (including phenoxy) is 1. The number of carbonyl (C=O) groups excluding carboxylic acids is 1. The molecule has 0 atom stereocenters. The van der Waals surface area contributed by atoms with E-state index in [4.69, 9.17) is 9.15 Å². The smallest absolute Gasteiger partial charge is 0.338 e. The quantitative estimate of drug-likeness (QED) is 0.590. The summed E-state index contributed by atoms with van der Waals surface area (Å²) in [6, 6.07) is 9.40. The molecule has 24 heavy (non-hydrogen) atoms. The van der Waals surface area contributed by atoms with Crippen molar-refractivity contribution in [2.45, 2.75) is 13.5 Å². The van der Waals surface area contributed by atoms with Gasteiger partial charge in [-0.1, -0.05) is 6.07 Å². The Kier molecular flexibility index (Phi) is 4.04. The SMILES string of the molecule is Cc1c(O)ccc2c(COC(=O)c3cccc(F)c3)cc(=O)oc12. The monoisotopic (exact) mass is 328 g/mol. The normalized spacial score (nSPS) is 10.8. The van der Waals surface area contributed by atoms with Crippen LogP contribution in [-0.4, -0.2) is 11.1 Å². The van der Waals surface area contributed by atoms with Gasteiger partial charge in [0.2, 0.25) is 0 Å². The highest BCUT2D eigenvalue weighted by Gasteiger charge is 2.13. The van der Waals surface area contributed by atoms with Gasteiger partial charge in [-0.15, -0.1) is 0 Å². The van der Waals surface area contributed by atoms with Gasteiger partial charge in [0.05, 0.1) is 5.56 Å². The number of esters is 1. The number of hydrogen-bond donors (Lipinski definition) is 1. The summed E-state index contributed by atoms with van der Waals surface area (Å²) >= 11 is 0. The maximum absolute atomic E-state index is 13.1. The van der Waals surface area contributed by atoms with Crippen LogP contribution in [0.5, 0.6) is 5.75 Å². The topological polar surface area (TPSA) is 76.7 Å². The molecule has 0 amide bonds. The Hall–Kier alpha value is -3.15. The van der Waals surface area contributed by atoms with E-state index < -0.39 is 17.4 Å². The number of fused-ring (bicyclic) bond motifs is 1. The van der Waals surface area contributed by atoms with E-state index in [9.17, 15) is 19.1 Å². The maximum atomic E-state index is 13.1. The van der Waals surface area contributed by atoms with E-state index in [0.29, 0.717) is 16.5 Å². The van der Waals surface area contributed by atoms with Gasteiger partial charge < -0.3 is 14.3 Å². The van der Waals surface area contributed by atoms with E-state index in [1.807, 2.05) is 0 Å². The second-order valence-electron chi connectivity index (χ2n) is 5.26. The van der Waals surface area contributed by atoms with E-state index in [1.165, 1.54) is 30.3 Å². The molecule has 1 aromatic heterocycles. The summed E-state index contributed by atoms with van der Waals surface area (Å²) in [6.45, 7) is 1.44. The van der Waals surface area contributed by atoms with Gasteiger partial charge in [0.25, 0.3) is 0 Å². The van der Waals surface area contributed by atoms with Crippen LogP contribution in [0.2, 0.25) is 0 Å². The molecule has 1 heterocycles. The number of carbonyl (C=O) groups is 1. The number of aryl methyl sites for hydroxylation is 1. The van der Waals surface area contributed by atoms with Crippen LogP contribution in [-0.2, 0) is 11.3 Å². The highest BCUT2D eigenvalue weighted by molar-refractivity contribution is 5.90. The zero-order valence-corrected chi connectivity index (χ0v) is 12.7. The summed E-state index contributed by atoms with van der Waals surface area (Å²) in [5.41, 5.74) is 0.556. The standard InChI is InChI=1S/C18H13FO5/c1-10-15(20)6-5-14-12(8-16(21)24-17(10)14)9-23-18(22)11-3-2-4-13(19)7-11/h2-8,20H,9H2,1H3. The molecule has 0 radical (unpaired) electrons. The van der Waals surface area contributed by atoms with Gasteiger partial charge in [-0.05, 0) is 37.3 Å². The lowest BCUT2D eigenvalue weighted by Gasteiger charge is -2.09. The fourth-order valence-corrected chi connectivity index (χ4v) is 2.38. The third-order valence-corrected chi connectivity index (χ3v) is 3.64. The Morgan fingerprint density at radius 1 is 1.25 bits per heavy atom. The molecule has 0 fully saturated rings. The second kappa shape index (κ2) is 6.16. The van der Waals surface area contributed by atoms with Gasteiger partial charge in [0, 0.05) is 22.6 Å². The van der Waals surface area contributed by atoms with Gasteiger partial charge in [0.1, 0.15) is 23.8 Å². The number of rotatable bonds is 3. The number of phenolic OH excluding ortho intramolecular Hbond substituents is 1. The number of benzene rings is 2. The molecule has 0 saturated heterocycles. The zero-order chi connectivity index (χ0) is 17.3. The molecular formula is C18H13FO5. The number of phenols is 1. The molecule has 122 valence electrons. The summed E-state index contributed by atoms with van der Waals surface area (Å²) in [7, 11) is 0. The minimum atomic E-state index is -0.702. The van der Waals surface area contributed by atoms with Crippen molar-refractivity contribution in [3.05, 3.63) is 75.4 Å². The lowest BCUT2D eigenvalue weighted by molar-refractivity contribution is 0.0473. The van der Waals surface area contributed by atoms with Crippen LogP contribution in [0.3, 0.4) is 0 Å². The Morgan fingerprint density at radius 3 is 2.79 bits per heavy atom. The molecule has 1 N–H and O–H groups in total. The first-order valence-electron chi connectivity index (χ1n) is 7.13. The van der Waals surface area contributed by atoms with Crippen molar-refractivity contribution in [3.63, 3.8) is 0 Å². The van der Waals surface area contributed by atoms with Crippen molar-refractivity contribution in [2.75, 3.05) is 0 Å². The maximum Gasteiger partial charge on any atom is 0.338 e. The minimum absolute atomic E-state index is 0.000412. The number of aromatic hydroxyl groups is 1. The molecule has 6 heteroatoms. The van der Waals surface area contributed by atoms with Crippen LogP contribution < -0.4 is 5.63 Å². The highest BCUT2D eigenvalue weighted by Crippen LogP contribution is 2.27. The summed E-state index contributed by atoms with van der Waals surface area (Å²) in [6.07, 6.45) is 0. The molecular weight excluding hydrogens is 315 g/mol. The molecule has 0 bridgehead atoms. The van der Waals surface area contributed by atoms with E-state index in [2.05, 4.69) is 0 Å². The van der Waals surface area contributed by atoms with Gasteiger partial charge >= 0.3 is 11.6 Å². The van der Waals surface area contributed by atoms with Crippen molar-refractivity contribution in [1.82, 2.24) is 0 Å². The molecule has 0 unspecified atom stereocenters. The van der Waals surface area contributed by atoms with Crippen molar-refractivity contribution < 1.29 is 23.4 Å². The van der Waals surface area contributed by atoms with E-state index >= 15 is 0 Å². The van der Waals surface area contributed by atoms with E-state index in [0.717, 1.165) is 6.07 Å². The Labute approximate surface area is 135 Å². The molecule has 0 saturated carbocycles. The minimum Gasteiger partial charge on any atom is -0.508 e. The van der Waals surface area contributed by atoms with Crippen LogP contribution >= 0.6 is 0 Å². The summed E-state index contributed by atoms with van der Waals surface area (Å²) in [5, 5.41) is 10.3. The van der Waals surface area contributed by atoms with E-state index in [-0.39, 0.29) is 23.5 Å². The zero-order valence-electron chi connectivity index (χ0n) is 12.7. The Morgan fingerprint density at radius 2 is 2.04 bits per heavy atom. The van der Waals surface area contributed by atoms with Crippen LogP contribution in [0.1, 0.15) is 21.5 Å². The Bertz CT molecular complexity index is 990. The average Bonchev–Trinajstić information content (AvgIpc) is 2.56. The number of hydrogen-bond acceptors (Lipinski definition) is 5. The van der Waals surface area contributed by atoms with Gasteiger partial charge in [-0.25, -0.2) is 14.0 Å². The van der Waals surface area contributed by atoms with Crippen LogP contribution in [0, 0.1) is 12.7 Å². The van der Waals surface area contributed by atoms with Crippen LogP contribution in [0.15, 0.2) is 51.7 Å². The fraction of sp³-hybridized carbons (Fsp3) is 0.111. The lowest BCUT2D eigenvalue weighted by Crippen LogP contribution is -2.08. The largest absolute Gasteiger partial charge is 0.508 e. The number of halogens is 1. The Balaban J connectivity index is 1.92. The summed E-state index contributed by atoms with van der Waals surface area (Å²) in [5.74, 6) is -1.24. The third-order valence-electron chi connectivity index (χ3n) is 3.64. The average molecular weight is 328 g/mol. The highest BCUT2D eigenvalue weighted by atomic mass is 19.1. The molecule has 0 aliphatic carbocycles. The first-order chi connectivity index (χ1) is 11.5. The van der Waals surface area contributed by atoms with Gasteiger partial charge in [-0.3, -0.25) is 0 Å². The van der Waals surface area contributed by atoms with Crippen LogP contribution in [0.4, 0.5) is 4.39 Å². The fourth-order valence-electron chi connectivity index (χ4n) is 2.38. The lowest BCUT2D eigenvalue weighted by atomic mass is 10.1. The van der Waals surface area contributed by atoms with Crippen molar-refractivity contribution in [1.29, 1.82) is 0 Å². The molecule has 0 spiro atoms. The summed E-state index contributed by atoms with van der Waals surface area (Å²) < 4.78 is 23.4. The first kappa shape index (κ1) is 15.7. The third kappa shape index (κ3) is 2.99. The molecule has 0 aliphatic rings. The summed E-state index contributed by atoms with van der Waals surface area (Å²) in [4.78, 5) is 23.7. The van der Waals surface area contributed by atoms with Crippen molar-refractivity contribution >= 4 is 16.9 Å². The predicted molar refractivity (Wildman–Crippen MR) is 84.4 cm³/mol. The molecule has 2 aromatic carbocycles. The predicted octanol–water partition coefficient (Wildman–Crippen LogP) is 3.30. The van der Waals surface area contributed by atoms with Crippen LogP contribution in [0.25, 0.3) is 11.0 Å². The molecule has 5 nitrogen and oxygen atoms in total. The first-order valence-corrected chi connectivity index (χ1v) is 7.13. The molecule has 3 rings (SSSR count). The van der Waals surface area contributed by atoms with Crippen molar-refractivity contribution in [2.24, 2.45) is 0 Å². The van der Waals surface area contributed by atoms with Gasteiger partial charge in [0.15, 0.2) is 0 Å². The van der Waals surface area contributed by atoms with Crippen molar-refractivity contribution in [3.8, 4) is 5.75 Å². The van der Waals surface area contributed by atoms with Gasteiger partial charge in [-0.2, -0.15) is 0 Å². The molecule has 0 aliphatic heterocycles.